The van der Waals surface area contributed by atoms with E-state index in [-0.39, 0.29) is 17.7 Å². The molecule has 7 nitrogen and oxygen atoms in total. The number of amides is 2. The predicted molar refractivity (Wildman–Crippen MR) is 124 cm³/mol. The second-order valence-corrected chi connectivity index (χ2v) is 8.19. The Kier molecular flexibility index (Phi) is 7.51. The van der Waals surface area contributed by atoms with E-state index < -0.39 is 0 Å². The monoisotopic (exact) mass is 434 g/mol. The summed E-state index contributed by atoms with van der Waals surface area (Å²) in [7, 11) is 0. The van der Waals surface area contributed by atoms with E-state index in [2.05, 4.69) is 15.2 Å². The van der Waals surface area contributed by atoms with E-state index in [9.17, 15) is 9.59 Å². The number of pyridine rings is 1. The lowest BCUT2D eigenvalue weighted by atomic mass is 9.95. The number of carbonyl (C=O) groups is 2. The van der Waals surface area contributed by atoms with Gasteiger partial charge in [0.05, 0.1) is 13.2 Å². The number of rotatable bonds is 6. The number of ether oxygens (including phenoxy) is 1. The molecule has 1 aromatic carbocycles. The van der Waals surface area contributed by atoms with Gasteiger partial charge >= 0.3 is 0 Å². The van der Waals surface area contributed by atoms with Gasteiger partial charge in [0.15, 0.2) is 0 Å². The molecular weight excluding hydrogens is 404 g/mol. The van der Waals surface area contributed by atoms with E-state index in [1.54, 1.807) is 6.08 Å². The molecule has 1 aromatic heterocycles. The van der Waals surface area contributed by atoms with Crippen LogP contribution in [0.1, 0.15) is 24.0 Å². The van der Waals surface area contributed by atoms with Crippen LogP contribution < -0.4 is 10.2 Å². The molecule has 2 amide bonds. The molecule has 2 fully saturated rings. The number of hydrogen-bond donors (Lipinski definition) is 1. The van der Waals surface area contributed by atoms with Crippen LogP contribution in [0.4, 0.5) is 5.82 Å². The molecule has 0 saturated carbocycles. The number of hydrogen-bond acceptors (Lipinski definition) is 5. The number of anilines is 1. The molecule has 168 valence electrons. The molecule has 0 bridgehead atoms. The first kappa shape index (κ1) is 22.0. The van der Waals surface area contributed by atoms with E-state index in [1.165, 1.54) is 0 Å². The third-order valence-electron chi connectivity index (χ3n) is 6.01. The van der Waals surface area contributed by atoms with Crippen molar-refractivity contribution in [1.82, 2.24) is 15.2 Å². The molecule has 0 aliphatic carbocycles. The van der Waals surface area contributed by atoms with Crippen LogP contribution >= 0.6 is 0 Å². The van der Waals surface area contributed by atoms with Crippen LogP contribution in [0.25, 0.3) is 6.08 Å². The van der Waals surface area contributed by atoms with Crippen molar-refractivity contribution < 1.29 is 14.3 Å². The molecule has 2 aromatic rings. The number of aromatic nitrogens is 1. The molecule has 0 unspecified atom stereocenters. The van der Waals surface area contributed by atoms with Crippen molar-refractivity contribution in [3.63, 3.8) is 0 Å². The summed E-state index contributed by atoms with van der Waals surface area (Å²) in [6.07, 6.45) is 6.64. The topological polar surface area (TPSA) is 74.8 Å². The van der Waals surface area contributed by atoms with Crippen molar-refractivity contribution in [1.29, 1.82) is 0 Å². The van der Waals surface area contributed by atoms with Gasteiger partial charge < -0.3 is 19.9 Å². The Hall–Kier alpha value is -3.19. The molecular formula is C25H30N4O3. The molecule has 32 heavy (non-hydrogen) atoms. The summed E-state index contributed by atoms with van der Waals surface area (Å²) < 4.78 is 5.38. The van der Waals surface area contributed by atoms with Crippen LogP contribution in [0.5, 0.6) is 0 Å². The van der Waals surface area contributed by atoms with Crippen molar-refractivity contribution in [2.45, 2.75) is 19.4 Å². The number of benzene rings is 1. The lowest BCUT2D eigenvalue weighted by Crippen LogP contribution is -2.42. The molecule has 3 heterocycles. The summed E-state index contributed by atoms with van der Waals surface area (Å²) in [5, 5.41) is 3.03. The third kappa shape index (κ3) is 5.95. The Bertz CT molecular complexity index is 916. The summed E-state index contributed by atoms with van der Waals surface area (Å²) in [5.41, 5.74) is 1.98. The SMILES string of the molecule is O=C(NCc1ccc(N2CCOCC2)nc1)C1CCN(C(=O)C=Cc2ccccc2)CC1. The van der Waals surface area contributed by atoms with Crippen LogP contribution in [0.15, 0.2) is 54.7 Å². The Labute approximate surface area is 189 Å². The molecule has 2 saturated heterocycles. The maximum Gasteiger partial charge on any atom is 0.246 e. The molecule has 7 heteroatoms. The van der Waals surface area contributed by atoms with Gasteiger partial charge in [-0.15, -0.1) is 0 Å². The Morgan fingerprint density at radius 3 is 2.47 bits per heavy atom. The highest BCUT2D eigenvalue weighted by molar-refractivity contribution is 5.92. The fourth-order valence-corrected chi connectivity index (χ4v) is 4.03. The van der Waals surface area contributed by atoms with Gasteiger partial charge in [0.1, 0.15) is 5.82 Å². The van der Waals surface area contributed by atoms with Gasteiger partial charge in [-0.05, 0) is 36.1 Å². The summed E-state index contributed by atoms with van der Waals surface area (Å²) >= 11 is 0. The van der Waals surface area contributed by atoms with E-state index in [0.29, 0.717) is 32.5 Å². The maximum atomic E-state index is 12.6. The number of piperidine rings is 1. The first-order valence-corrected chi connectivity index (χ1v) is 11.3. The minimum Gasteiger partial charge on any atom is -0.378 e. The van der Waals surface area contributed by atoms with Crippen LogP contribution in [-0.2, 0) is 20.9 Å². The average Bonchev–Trinajstić information content (AvgIpc) is 2.87. The van der Waals surface area contributed by atoms with Crippen LogP contribution in [0.2, 0.25) is 0 Å². The minimum atomic E-state index is -0.0577. The summed E-state index contributed by atoms with van der Waals surface area (Å²) in [4.78, 5) is 33.6. The first-order valence-electron chi connectivity index (χ1n) is 11.3. The van der Waals surface area contributed by atoms with Crippen molar-refractivity contribution in [3.8, 4) is 0 Å². The number of morpholine rings is 1. The fraction of sp³-hybridized carbons (Fsp3) is 0.400. The first-order chi connectivity index (χ1) is 15.7. The largest absolute Gasteiger partial charge is 0.378 e. The van der Waals surface area contributed by atoms with Crippen LogP contribution in [-0.4, -0.2) is 61.1 Å². The Balaban J connectivity index is 1.20. The lowest BCUT2D eigenvalue weighted by molar-refractivity contribution is -0.132. The molecule has 1 N–H and O–H groups in total. The number of carbonyl (C=O) groups excluding carboxylic acids is 2. The van der Waals surface area contributed by atoms with Gasteiger partial charge in [-0.25, -0.2) is 4.98 Å². The zero-order valence-corrected chi connectivity index (χ0v) is 18.3. The fourth-order valence-electron chi connectivity index (χ4n) is 4.03. The molecule has 0 spiro atoms. The van der Waals surface area contributed by atoms with E-state index in [4.69, 9.17) is 4.74 Å². The predicted octanol–water partition coefficient (Wildman–Crippen LogP) is 2.49. The zero-order valence-electron chi connectivity index (χ0n) is 18.3. The van der Waals surface area contributed by atoms with Gasteiger partial charge in [-0.3, -0.25) is 9.59 Å². The zero-order chi connectivity index (χ0) is 22.2. The molecule has 2 aliphatic rings. The Morgan fingerprint density at radius 1 is 1.03 bits per heavy atom. The Morgan fingerprint density at radius 2 is 1.78 bits per heavy atom. The maximum absolute atomic E-state index is 12.6. The quantitative estimate of drug-likeness (QED) is 0.707. The average molecular weight is 435 g/mol. The summed E-state index contributed by atoms with van der Waals surface area (Å²) in [6.45, 7) is 4.84. The van der Waals surface area contributed by atoms with Gasteiger partial charge in [0.2, 0.25) is 11.8 Å². The van der Waals surface area contributed by atoms with Crippen LogP contribution in [0, 0.1) is 5.92 Å². The highest BCUT2D eigenvalue weighted by Gasteiger charge is 2.26. The van der Waals surface area contributed by atoms with E-state index in [0.717, 1.165) is 43.2 Å². The number of nitrogens with zero attached hydrogens (tertiary/aromatic N) is 3. The molecule has 0 radical (unpaired) electrons. The third-order valence-corrected chi connectivity index (χ3v) is 6.01. The highest BCUT2D eigenvalue weighted by Crippen LogP contribution is 2.19. The second kappa shape index (κ2) is 10.9. The van der Waals surface area contributed by atoms with E-state index >= 15 is 0 Å². The van der Waals surface area contributed by atoms with Gasteiger partial charge in [-0.2, -0.15) is 0 Å². The van der Waals surface area contributed by atoms with E-state index in [1.807, 2.05) is 59.6 Å². The van der Waals surface area contributed by atoms with Crippen molar-refractivity contribution in [3.05, 3.63) is 65.9 Å². The summed E-state index contributed by atoms with van der Waals surface area (Å²) in [5.74, 6) is 0.938. The van der Waals surface area contributed by atoms with Crippen LogP contribution in [0.3, 0.4) is 0 Å². The van der Waals surface area contributed by atoms with Crippen molar-refractivity contribution in [2.75, 3.05) is 44.3 Å². The molecule has 2 aliphatic heterocycles. The van der Waals surface area contributed by atoms with Gasteiger partial charge in [0.25, 0.3) is 0 Å². The highest BCUT2D eigenvalue weighted by atomic mass is 16.5. The number of nitrogens with one attached hydrogen (secondary N) is 1. The van der Waals surface area contributed by atoms with Gasteiger partial charge in [0, 0.05) is 50.9 Å². The number of likely N-dealkylation sites (tertiary alicyclic amines) is 1. The smallest absolute Gasteiger partial charge is 0.246 e. The molecule has 0 atom stereocenters. The normalized spacial score (nSPS) is 17.5. The molecule has 4 rings (SSSR count). The summed E-state index contributed by atoms with van der Waals surface area (Å²) in [6, 6.07) is 13.8. The minimum absolute atomic E-state index is 0.000793. The lowest BCUT2D eigenvalue weighted by Gasteiger charge is -2.30. The van der Waals surface area contributed by atoms with Crippen molar-refractivity contribution >= 4 is 23.7 Å². The van der Waals surface area contributed by atoms with Gasteiger partial charge in [-0.1, -0.05) is 36.4 Å². The van der Waals surface area contributed by atoms with Crippen molar-refractivity contribution in [2.24, 2.45) is 5.92 Å². The second-order valence-electron chi connectivity index (χ2n) is 8.19. The standard InChI is InChI=1S/C25H30N4O3/c30-24(9-7-20-4-2-1-3-5-20)29-12-10-22(11-13-29)25(31)27-19-21-6-8-23(26-18-21)28-14-16-32-17-15-28/h1-9,18,22H,10-17,19H2,(H,27,31).